The van der Waals surface area contributed by atoms with Crippen LogP contribution in [0.15, 0.2) is 18.2 Å². The first-order valence-electron chi connectivity index (χ1n) is 9.57. The maximum atomic E-state index is 11.0. The van der Waals surface area contributed by atoms with Gasteiger partial charge in [0.15, 0.2) is 0 Å². The molecule has 0 aliphatic carbocycles. The molecule has 1 aromatic carbocycles. The number of unbranched alkanes of at least 4 members (excludes halogenated alkanes) is 4. The average Bonchev–Trinajstić information content (AvgIpc) is 2.54. The molecule has 0 aromatic heterocycles. The van der Waals surface area contributed by atoms with Crippen LogP contribution in [0.4, 0.5) is 0 Å². The van der Waals surface area contributed by atoms with Crippen LogP contribution in [0.5, 0.6) is 5.75 Å². The summed E-state index contributed by atoms with van der Waals surface area (Å²) >= 11 is 0. The molecule has 0 spiro atoms. The van der Waals surface area contributed by atoms with Crippen LogP contribution >= 0.6 is 0 Å². The van der Waals surface area contributed by atoms with Crippen LogP contribution in [-0.4, -0.2) is 24.8 Å². The molecule has 0 saturated carbocycles. The predicted octanol–water partition coefficient (Wildman–Crippen LogP) is 1.86. The topological polar surface area (TPSA) is 66.4 Å². The second-order valence-corrected chi connectivity index (χ2v) is 8.63. The minimum atomic E-state index is -4.23. The van der Waals surface area contributed by atoms with Gasteiger partial charge in [-0.3, -0.25) is 0 Å². The molecule has 0 saturated heterocycles. The molecular formula is C20H33NaO4S. The summed E-state index contributed by atoms with van der Waals surface area (Å²) in [6.07, 6.45) is 9.46. The van der Waals surface area contributed by atoms with Crippen molar-refractivity contribution >= 4 is 10.1 Å². The normalized spacial score (nSPS) is 12.5. The van der Waals surface area contributed by atoms with Crippen LogP contribution in [0.25, 0.3) is 0 Å². The van der Waals surface area contributed by atoms with E-state index in [9.17, 15) is 13.0 Å². The van der Waals surface area contributed by atoms with E-state index in [4.69, 9.17) is 4.74 Å². The average molecular weight is 393 g/mol. The Morgan fingerprint density at radius 2 is 1.46 bits per heavy atom. The van der Waals surface area contributed by atoms with Crippen LogP contribution in [0.1, 0.15) is 76.8 Å². The van der Waals surface area contributed by atoms with Gasteiger partial charge in [0.1, 0.15) is 5.75 Å². The number of hydrogen-bond acceptors (Lipinski definition) is 4. The fraction of sp³-hybridized carbons (Fsp3) is 0.700. The van der Waals surface area contributed by atoms with E-state index in [2.05, 4.69) is 32.0 Å². The molecule has 0 N–H and O–H groups in total. The third-order valence-corrected chi connectivity index (χ3v) is 5.67. The summed E-state index contributed by atoms with van der Waals surface area (Å²) < 4.78 is 38.7. The van der Waals surface area contributed by atoms with Gasteiger partial charge in [-0.25, -0.2) is 8.42 Å². The Labute approximate surface area is 182 Å². The standard InChI is InChI=1S/C20H34O4S.Na/c1-4-6-8-10-18-14-19(11-9-7-5-2)16-20(15-18)24-13-12-17(3)25(21,22)23;/h14-17H,4-13H2,1-3H3,(H,21,22,23);/q;+1/p-1. The fourth-order valence-corrected chi connectivity index (χ4v) is 3.13. The second kappa shape index (κ2) is 14.0. The van der Waals surface area contributed by atoms with Crippen molar-refractivity contribution in [3.05, 3.63) is 29.3 Å². The van der Waals surface area contributed by atoms with Crippen LogP contribution in [0, 0.1) is 0 Å². The molecule has 0 amide bonds. The van der Waals surface area contributed by atoms with Crippen molar-refractivity contribution in [3.63, 3.8) is 0 Å². The number of hydrogen-bond donors (Lipinski definition) is 0. The number of ether oxygens (including phenoxy) is 1. The van der Waals surface area contributed by atoms with Crippen molar-refractivity contribution in [2.45, 2.75) is 83.8 Å². The third-order valence-electron chi connectivity index (χ3n) is 4.45. The van der Waals surface area contributed by atoms with Gasteiger partial charge in [-0.2, -0.15) is 0 Å². The van der Waals surface area contributed by atoms with E-state index in [0.717, 1.165) is 18.6 Å². The zero-order valence-electron chi connectivity index (χ0n) is 16.9. The molecular weight excluding hydrogens is 359 g/mol. The van der Waals surface area contributed by atoms with Crippen LogP contribution in [-0.2, 0) is 23.0 Å². The molecule has 1 aromatic rings. The molecule has 0 heterocycles. The summed E-state index contributed by atoms with van der Waals surface area (Å²) in [5.41, 5.74) is 2.56. The maximum absolute atomic E-state index is 11.0. The van der Waals surface area contributed by atoms with Gasteiger partial charge >= 0.3 is 29.6 Å². The molecule has 1 unspecified atom stereocenters. The van der Waals surface area contributed by atoms with Crippen molar-refractivity contribution in [2.24, 2.45) is 0 Å². The quantitative estimate of drug-likeness (QED) is 0.292. The number of rotatable bonds is 13. The first-order valence-corrected chi connectivity index (χ1v) is 11.0. The van der Waals surface area contributed by atoms with Crippen LogP contribution < -0.4 is 34.3 Å². The molecule has 144 valence electrons. The summed E-state index contributed by atoms with van der Waals surface area (Å²) in [6, 6.07) is 6.37. The molecule has 0 aliphatic rings. The van der Waals surface area contributed by atoms with Crippen LogP contribution in [0.3, 0.4) is 0 Å². The Kier molecular flexibility index (Phi) is 14.0. The van der Waals surface area contributed by atoms with Crippen molar-refractivity contribution in [1.82, 2.24) is 0 Å². The molecule has 1 atom stereocenters. The van der Waals surface area contributed by atoms with Crippen molar-refractivity contribution in [3.8, 4) is 5.75 Å². The van der Waals surface area contributed by atoms with E-state index in [1.165, 1.54) is 56.6 Å². The predicted molar refractivity (Wildman–Crippen MR) is 102 cm³/mol. The van der Waals surface area contributed by atoms with Crippen molar-refractivity contribution < 1.29 is 47.3 Å². The summed E-state index contributed by atoms with van der Waals surface area (Å²) in [4.78, 5) is 0. The van der Waals surface area contributed by atoms with E-state index in [1.54, 1.807) is 0 Å². The van der Waals surface area contributed by atoms with E-state index in [0.29, 0.717) is 0 Å². The number of aryl methyl sites for hydroxylation is 2. The molecule has 0 radical (unpaired) electrons. The largest absolute Gasteiger partial charge is 1.00 e. The third kappa shape index (κ3) is 10.9. The summed E-state index contributed by atoms with van der Waals surface area (Å²) in [6.45, 7) is 6.07. The minimum absolute atomic E-state index is 0. The van der Waals surface area contributed by atoms with E-state index >= 15 is 0 Å². The molecule has 0 fully saturated rings. The Balaban J connectivity index is 0.00000625. The first-order chi connectivity index (χ1) is 11.9. The van der Waals surface area contributed by atoms with Gasteiger partial charge in [-0.15, -0.1) is 0 Å². The maximum Gasteiger partial charge on any atom is 1.00 e. The molecule has 26 heavy (non-hydrogen) atoms. The SMILES string of the molecule is CCCCCc1cc(CCCCC)cc(OCCC(C)S(=O)(=O)[O-])c1.[Na+]. The molecule has 6 heteroatoms. The van der Waals surface area contributed by atoms with Gasteiger partial charge in [0, 0.05) is 5.25 Å². The van der Waals surface area contributed by atoms with Gasteiger partial charge < -0.3 is 9.29 Å². The monoisotopic (exact) mass is 392 g/mol. The Hall–Kier alpha value is -0.0700. The Morgan fingerprint density at radius 1 is 0.962 bits per heavy atom. The van der Waals surface area contributed by atoms with Gasteiger partial charge in [-0.1, -0.05) is 45.6 Å². The van der Waals surface area contributed by atoms with Gasteiger partial charge in [0.25, 0.3) is 0 Å². The van der Waals surface area contributed by atoms with Gasteiger partial charge in [0.05, 0.1) is 16.7 Å². The zero-order valence-corrected chi connectivity index (χ0v) is 19.7. The van der Waals surface area contributed by atoms with E-state index in [1.807, 2.05) is 0 Å². The van der Waals surface area contributed by atoms with E-state index < -0.39 is 15.4 Å². The van der Waals surface area contributed by atoms with Crippen molar-refractivity contribution in [1.29, 1.82) is 0 Å². The van der Waals surface area contributed by atoms with Gasteiger partial charge in [-0.05, 0) is 62.3 Å². The summed E-state index contributed by atoms with van der Waals surface area (Å²) in [5, 5.41) is -0.913. The minimum Gasteiger partial charge on any atom is -0.748 e. The summed E-state index contributed by atoms with van der Waals surface area (Å²) in [7, 11) is -4.23. The smallest absolute Gasteiger partial charge is 0.748 e. The van der Waals surface area contributed by atoms with Crippen molar-refractivity contribution in [2.75, 3.05) is 6.61 Å². The Morgan fingerprint density at radius 3 is 1.88 bits per heavy atom. The number of benzene rings is 1. The molecule has 4 nitrogen and oxygen atoms in total. The zero-order chi connectivity index (χ0) is 18.7. The van der Waals surface area contributed by atoms with Gasteiger partial charge in [0.2, 0.25) is 0 Å². The first kappa shape index (κ1) is 25.9. The van der Waals surface area contributed by atoms with Crippen LogP contribution in [0.2, 0.25) is 0 Å². The molecule has 0 bridgehead atoms. The van der Waals surface area contributed by atoms with E-state index in [-0.39, 0.29) is 42.6 Å². The fourth-order valence-electron chi connectivity index (χ4n) is 2.75. The summed E-state index contributed by atoms with van der Waals surface area (Å²) in [5.74, 6) is 0.788. The second-order valence-electron chi connectivity index (χ2n) is 6.84. The Bertz CT molecular complexity index is 574. The molecule has 0 aliphatic heterocycles. The molecule has 1 rings (SSSR count).